The summed E-state index contributed by atoms with van der Waals surface area (Å²) in [6, 6.07) is 45.6. The number of benzene rings is 6. The van der Waals surface area contributed by atoms with Crippen molar-refractivity contribution in [2.45, 2.75) is 65.2 Å². The van der Waals surface area contributed by atoms with E-state index in [-0.39, 0.29) is 35.6 Å². The Bertz CT molecular complexity index is 2010. The van der Waals surface area contributed by atoms with Crippen LogP contribution >= 0.6 is 0 Å². The van der Waals surface area contributed by atoms with Crippen LogP contribution in [-0.2, 0) is 41.5 Å². The molecule has 0 unspecified atom stereocenters. The molecular weight excluding hydrogens is 727 g/mol. The van der Waals surface area contributed by atoms with Gasteiger partial charge in [-0.05, 0) is 28.4 Å². The molecule has 0 spiro atoms. The van der Waals surface area contributed by atoms with Crippen molar-refractivity contribution in [3.8, 4) is 11.1 Å². The average molecular weight is 771 g/mol. The summed E-state index contributed by atoms with van der Waals surface area (Å²) in [6.07, 6.45) is 11.0. The van der Waals surface area contributed by atoms with Crippen LogP contribution in [0.25, 0.3) is 32.7 Å². The molecule has 2 aliphatic rings. The van der Waals surface area contributed by atoms with Crippen molar-refractivity contribution in [2.75, 3.05) is 0 Å². The summed E-state index contributed by atoms with van der Waals surface area (Å²) in [6.45, 7) is 13.6. The Morgan fingerprint density at radius 1 is 0.620 bits per heavy atom. The van der Waals surface area contributed by atoms with E-state index in [1.54, 1.807) is 0 Å². The minimum atomic E-state index is 0. The molecule has 6 aromatic carbocycles. The first kappa shape index (κ1) is 39.4. The second kappa shape index (κ2) is 16.8. The molecule has 2 aliphatic carbocycles. The number of halogens is 2. The second-order valence-corrected chi connectivity index (χ2v) is 16.0. The Labute approximate surface area is 326 Å². The third kappa shape index (κ3) is 8.92. The molecule has 0 aromatic heterocycles. The summed E-state index contributed by atoms with van der Waals surface area (Å²) >= 11 is 1.44. The molecule has 3 heteroatoms. The zero-order chi connectivity index (χ0) is 33.9. The molecule has 0 radical (unpaired) electrons. The van der Waals surface area contributed by atoms with Crippen LogP contribution in [0, 0.1) is 12.1 Å². The zero-order valence-corrected chi connectivity index (χ0v) is 33.8. The van der Waals surface area contributed by atoms with Crippen molar-refractivity contribution in [3.63, 3.8) is 0 Å². The van der Waals surface area contributed by atoms with Crippen LogP contribution in [0.15, 0.2) is 133 Å². The van der Waals surface area contributed by atoms with Crippen molar-refractivity contribution in [1.82, 2.24) is 0 Å². The van der Waals surface area contributed by atoms with Gasteiger partial charge in [0.05, 0.1) is 0 Å². The van der Waals surface area contributed by atoms with Crippen LogP contribution in [0.3, 0.4) is 0 Å². The van der Waals surface area contributed by atoms with Crippen molar-refractivity contribution < 1.29 is 49.0 Å². The van der Waals surface area contributed by atoms with Crippen LogP contribution in [0.1, 0.15) is 81.3 Å². The van der Waals surface area contributed by atoms with E-state index in [4.69, 9.17) is 0 Å². The van der Waals surface area contributed by atoms with E-state index < -0.39 is 0 Å². The first-order chi connectivity index (χ1) is 23.0. The minimum absolute atomic E-state index is 0. The van der Waals surface area contributed by atoms with Gasteiger partial charge < -0.3 is 24.8 Å². The number of allylic oxidation sites excluding steroid dienone is 4. The standard InChI is InChI=1S/C21H14.C21H25.C5H5.2ClH.Zr/c1-3-13-20-16(7-1)9-5-11-18(20)15-19-12-6-10-17-8-2-4-14-21(17)19;1-20(2,3)16-7-9-18-14(12-16)11-15-13-17(21(4,5)6)8-10-19(15)18;1-2-4-5-3-1;;;/h1-14H;7-10,12H,11H2,1-6H3;1-3H,4H2;2*1H;/q;2*-1;;;+2/p-2. The maximum absolute atomic E-state index is 3.67. The Kier molecular flexibility index (Phi) is 13.2. The van der Waals surface area contributed by atoms with E-state index in [2.05, 4.69) is 175 Å². The first-order valence-electron chi connectivity index (χ1n) is 17.0. The quantitative estimate of drug-likeness (QED) is 0.187. The molecule has 0 amide bonds. The third-order valence-corrected chi connectivity index (χ3v) is 10.5. The molecule has 0 nitrogen and oxygen atoms in total. The van der Waals surface area contributed by atoms with Gasteiger partial charge in [0, 0.05) is 0 Å². The molecule has 0 atom stereocenters. The van der Waals surface area contributed by atoms with Crippen LogP contribution in [0.2, 0.25) is 0 Å². The molecule has 0 saturated carbocycles. The van der Waals surface area contributed by atoms with Gasteiger partial charge in [-0.2, -0.15) is 29.8 Å². The van der Waals surface area contributed by atoms with Crippen molar-refractivity contribution >= 4 is 24.8 Å². The van der Waals surface area contributed by atoms with E-state index in [0.717, 1.165) is 12.8 Å². The van der Waals surface area contributed by atoms with Gasteiger partial charge >= 0.3 is 145 Å². The summed E-state index contributed by atoms with van der Waals surface area (Å²) in [5.41, 5.74) is 11.4. The van der Waals surface area contributed by atoms with E-state index >= 15 is 0 Å². The normalized spacial score (nSPS) is 12.5. The molecule has 0 heterocycles. The average Bonchev–Trinajstić information content (AvgIpc) is 3.79. The Balaban J connectivity index is 0.000000190. The molecule has 0 aliphatic heterocycles. The second-order valence-electron chi connectivity index (χ2n) is 14.7. The number of rotatable bonds is 2. The van der Waals surface area contributed by atoms with Crippen molar-refractivity contribution in [1.29, 1.82) is 0 Å². The molecule has 8 rings (SSSR count). The maximum atomic E-state index is 3.67. The molecule has 252 valence electrons. The van der Waals surface area contributed by atoms with Crippen LogP contribution in [0.4, 0.5) is 0 Å². The molecule has 0 bridgehead atoms. The fourth-order valence-electron chi connectivity index (χ4n) is 6.40. The van der Waals surface area contributed by atoms with Gasteiger partial charge in [0.1, 0.15) is 0 Å². The summed E-state index contributed by atoms with van der Waals surface area (Å²) in [4.78, 5) is 0. The summed E-state index contributed by atoms with van der Waals surface area (Å²) in [5, 5.41) is 5.29. The fraction of sp³-hybridized carbons (Fsp3) is 0.213. The van der Waals surface area contributed by atoms with Gasteiger partial charge in [-0.1, -0.05) is 65.3 Å². The van der Waals surface area contributed by atoms with Gasteiger partial charge in [-0.3, -0.25) is 6.08 Å². The molecule has 6 aromatic rings. The third-order valence-electron chi connectivity index (χ3n) is 9.17. The SMILES string of the molecule is CC(C)(C)c1[c-]c2c(cc1)-c1ccc(C(C)(C)C)cc1C2.[C-]1=CC=CC1.[Cl-].[Cl-].[Zr+2]=[C](c1cccc2ccccc12)c1cccc2ccccc12. The van der Waals surface area contributed by atoms with Gasteiger partial charge in [0.2, 0.25) is 0 Å². The molecule has 0 N–H and O–H groups in total. The summed E-state index contributed by atoms with van der Waals surface area (Å²) in [7, 11) is 0. The number of hydrogen-bond acceptors (Lipinski definition) is 0. The van der Waals surface area contributed by atoms with E-state index in [0.29, 0.717) is 0 Å². The molecular formula is C47H44Cl2Zr-2. The van der Waals surface area contributed by atoms with Crippen LogP contribution < -0.4 is 24.8 Å². The predicted octanol–water partition coefficient (Wildman–Crippen LogP) is 6.08. The summed E-state index contributed by atoms with van der Waals surface area (Å²) in [5.74, 6) is 0. The number of hydrogen-bond donors (Lipinski definition) is 0. The van der Waals surface area contributed by atoms with E-state index in [9.17, 15) is 0 Å². The Morgan fingerprint density at radius 2 is 1.18 bits per heavy atom. The van der Waals surface area contributed by atoms with Crippen LogP contribution in [0.5, 0.6) is 0 Å². The fourth-order valence-corrected chi connectivity index (χ4v) is 7.47. The molecule has 50 heavy (non-hydrogen) atoms. The van der Waals surface area contributed by atoms with Crippen LogP contribution in [-0.4, -0.2) is 3.21 Å². The molecule has 0 fully saturated rings. The van der Waals surface area contributed by atoms with E-state index in [1.165, 1.54) is 93.5 Å². The number of fused-ring (bicyclic) bond motifs is 5. The van der Waals surface area contributed by atoms with Crippen molar-refractivity contribution in [3.05, 3.63) is 179 Å². The zero-order valence-electron chi connectivity index (χ0n) is 29.9. The van der Waals surface area contributed by atoms with Gasteiger partial charge in [0.25, 0.3) is 0 Å². The predicted molar refractivity (Wildman–Crippen MR) is 204 cm³/mol. The topological polar surface area (TPSA) is 0 Å². The Hall–Kier alpha value is -3.35. The first-order valence-corrected chi connectivity index (χ1v) is 18.2. The molecule has 0 saturated heterocycles. The van der Waals surface area contributed by atoms with E-state index in [1.807, 2.05) is 12.2 Å². The van der Waals surface area contributed by atoms with Gasteiger partial charge in [0.15, 0.2) is 0 Å². The summed E-state index contributed by atoms with van der Waals surface area (Å²) < 4.78 is 1.42. The Morgan fingerprint density at radius 3 is 1.68 bits per heavy atom. The van der Waals surface area contributed by atoms with Crippen molar-refractivity contribution in [2.24, 2.45) is 0 Å². The monoisotopic (exact) mass is 768 g/mol. The van der Waals surface area contributed by atoms with Gasteiger partial charge in [-0.25, -0.2) is 12.2 Å². The van der Waals surface area contributed by atoms with Gasteiger partial charge in [-0.15, -0.1) is 17.5 Å².